The van der Waals surface area contributed by atoms with Crippen molar-refractivity contribution in [1.29, 1.82) is 0 Å². The predicted octanol–water partition coefficient (Wildman–Crippen LogP) is 4.11. The molecule has 0 atom stereocenters. The lowest BCUT2D eigenvalue weighted by atomic mass is 10.1. The molecular weight excluding hydrogens is 349 g/mol. The van der Waals surface area contributed by atoms with Gasteiger partial charge >= 0.3 is 0 Å². The van der Waals surface area contributed by atoms with E-state index in [1.54, 1.807) is 6.07 Å². The molecule has 5 nitrogen and oxygen atoms in total. The molecule has 0 bridgehead atoms. The molecule has 1 aliphatic heterocycles. The van der Waals surface area contributed by atoms with E-state index in [1.807, 2.05) is 19.9 Å². The highest BCUT2D eigenvalue weighted by atomic mass is 35.5. The van der Waals surface area contributed by atoms with Gasteiger partial charge in [-0.2, -0.15) is 4.98 Å². The summed E-state index contributed by atoms with van der Waals surface area (Å²) in [4.78, 5) is 4.36. The lowest BCUT2D eigenvalue weighted by Crippen LogP contribution is -2.23. The van der Waals surface area contributed by atoms with Crippen LogP contribution in [0.4, 0.5) is 0 Å². The minimum Gasteiger partial charge on any atom is -0.487 e. The maximum atomic E-state index is 6.14. The average molecular weight is 368 g/mol. The number of benzene rings is 1. The van der Waals surface area contributed by atoms with Crippen LogP contribution in [0.1, 0.15) is 37.0 Å². The van der Waals surface area contributed by atoms with Gasteiger partial charge in [0.05, 0.1) is 5.02 Å². The van der Waals surface area contributed by atoms with E-state index in [2.05, 4.69) is 21.5 Å². The van der Waals surface area contributed by atoms with Crippen molar-refractivity contribution in [3.05, 3.63) is 45.0 Å². The maximum Gasteiger partial charge on any atom is 0.227 e. The van der Waals surface area contributed by atoms with Crippen LogP contribution in [-0.2, 0) is 6.42 Å². The number of ether oxygens (including phenoxy) is 1. The summed E-state index contributed by atoms with van der Waals surface area (Å²) < 4.78 is 10.9. The van der Waals surface area contributed by atoms with Crippen molar-refractivity contribution in [2.75, 3.05) is 19.7 Å². The fourth-order valence-electron chi connectivity index (χ4n) is 2.42. The molecule has 1 aliphatic rings. The van der Waals surface area contributed by atoms with Gasteiger partial charge in [0.15, 0.2) is 5.82 Å². The van der Waals surface area contributed by atoms with E-state index >= 15 is 0 Å². The highest BCUT2D eigenvalue weighted by Gasteiger charge is 2.15. The molecular formula is C17H19Cl2N3O2. The zero-order chi connectivity index (χ0) is 17.1. The molecule has 3 rings (SSSR count). The number of nitrogens with zero attached hydrogens (tertiary/aromatic N) is 2. The Morgan fingerprint density at radius 2 is 2.12 bits per heavy atom. The van der Waals surface area contributed by atoms with Crippen LogP contribution in [0, 0.1) is 0 Å². The summed E-state index contributed by atoms with van der Waals surface area (Å²) in [5.74, 6) is 2.37. The predicted molar refractivity (Wildman–Crippen MR) is 94.9 cm³/mol. The molecule has 2 heterocycles. The number of hydrogen-bond acceptors (Lipinski definition) is 5. The van der Waals surface area contributed by atoms with Gasteiger partial charge in [-0.1, -0.05) is 42.2 Å². The van der Waals surface area contributed by atoms with Crippen molar-refractivity contribution in [2.24, 2.45) is 0 Å². The molecule has 2 aromatic rings. The Labute approximate surface area is 151 Å². The highest BCUT2D eigenvalue weighted by molar-refractivity contribution is 6.36. The molecule has 0 amide bonds. The molecule has 1 N–H and O–H groups in total. The maximum absolute atomic E-state index is 6.14. The lowest BCUT2D eigenvalue weighted by molar-refractivity contribution is 0.342. The Hall–Kier alpha value is -1.56. The molecule has 1 aromatic heterocycles. The van der Waals surface area contributed by atoms with Crippen molar-refractivity contribution in [3.8, 4) is 5.75 Å². The van der Waals surface area contributed by atoms with E-state index in [9.17, 15) is 0 Å². The summed E-state index contributed by atoms with van der Waals surface area (Å²) in [5.41, 5.74) is 2.04. The van der Waals surface area contributed by atoms with Gasteiger partial charge in [0.2, 0.25) is 5.89 Å². The Kier molecular flexibility index (Phi) is 5.43. The fourth-order valence-corrected chi connectivity index (χ4v) is 2.98. The number of nitrogens with one attached hydrogen (secondary N) is 1. The van der Waals surface area contributed by atoms with Crippen molar-refractivity contribution in [1.82, 2.24) is 15.5 Å². The third kappa shape index (κ3) is 4.09. The Morgan fingerprint density at radius 3 is 2.88 bits per heavy atom. The standard InChI is InChI=1S/C17H19Cl2N3O2/c1-10(2)17-21-15(24-22-17)3-4-20-8-11-5-12-6-13(18)7-14(19)16(12)23-9-11/h5-7,10,20H,3-4,8-9H2,1-2H3. The Balaban J connectivity index is 1.52. The normalized spacial score (nSPS) is 13.6. The SMILES string of the molecule is CC(C)c1noc(CCNCC2=Cc3cc(Cl)cc(Cl)c3OC2)n1. The zero-order valence-electron chi connectivity index (χ0n) is 13.6. The first-order valence-corrected chi connectivity index (χ1v) is 8.63. The molecule has 0 saturated heterocycles. The van der Waals surface area contributed by atoms with E-state index < -0.39 is 0 Å². The summed E-state index contributed by atoms with van der Waals surface area (Å²) in [7, 11) is 0. The van der Waals surface area contributed by atoms with Crippen LogP contribution >= 0.6 is 23.2 Å². The summed E-state index contributed by atoms with van der Waals surface area (Å²) in [6, 6.07) is 3.54. The van der Waals surface area contributed by atoms with Crippen molar-refractivity contribution in [3.63, 3.8) is 0 Å². The van der Waals surface area contributed by atoms with Gasteiger partial charge in [-0.05, 0) is 23.8 Å². The third-order valence-electron chi connectivity index (χ3n) is 3.67. The van der Waals surface area contributed by atoms with E-state index in [4.69, 9.17) is 32.5 Å². The van der Waals surface area contributed by atoms with Crippen LogP contribution in [-0.4, -0.2) is 29.8 Å². The van der Waals surface area contributed by atoms with E-state index in [-0.39, 0.29) is 5.92 Å². The topological polar surface area (TPSA) is 60.2 Å². The minimum absolute atomic E-state index is 0.277. The van der Waals surface area contributed by atoms with Crippen molar-refractivity contribution >= 4 is 29.3 Å². The molecule has 0 unspecified atom stereocenters. The fraction of sp³-hybridized carbons (Fsp3) is 0.412. The number of hydrogen-bond donors (Lipinski definition) is 1. The van der Waals surface area contributed by atoms with E-state index in [0.29, 0.717) is 34.7 Å². The summed E-state index contributed by atoms with van der Waals surface area (Å²) >= 11 is 12.2. The summed E-state index contributed by atoms with van der Waals surface area (Å²) in [5, 5.41) is 8.46. The summed E-state index contributed by atoms with van der Waals surface area (Å²) in [6.45, 7) is 6.06. The van der Waals surface area contributed by atoms with E-state index in [0.717, 1.165) is 30.1 Å². The van der Waals surface area contributed by atoms with Crippen LogP contribution in [0.3, 0.4) is 0 Å². The first-order valence-electron chi connectivity index (χ1n) is 7.87. The summed E-state index contributed by atoms with van der Waals surface area (Å²) in [6.07, 6.45) is 2.76. The average Bonchev–Trinajstić information content (AvgIpc) is 3.00. The first kappa shape index (κ1) is 17.3. The van der Waals surface area contributed by atoms with E-state index in [1.165, 1.54) is 0 Å². The zero-order valence-corrected chi connectivity index (χ0v) is 15.1. The number of rotatable bonds is 6. The molecule has 24 heavy (non-hydrogen) atoms. The third-order valence-corrected chi connectivity index (χ3v) is 4.17. The molecule has 7 heteroatoms. The Morgan fingerprint density at radius 1 is 1.29 bits per heavy atom. The van der Waals surface area contributed by atoms with Gasteiger partial charge in [-0.3, -0.25) is 0 Å². The second kappa shape index (κ2) is 7.55. The van der Waals surface area contributed by atoms with Crippen molar-refractivity contribution in [2.45, 2.75) is 26.2 Å². The molecule has 0 fully saturated rings. The quantitative estimate of drug-likeness (QED) is 0.778. The highest BCUT2D eigenvalue weighted by Crippen LogP contribution is 2.36. The first-order chi connectivity index (χ1) is 11.5. The van der Waals surface area contributed by atoms with Crippen LogP contribution in [0.2, 0.25) is 10.0 Å². The van der Waals surface area contributed by atoms with Crippen LogP contribution < -0.4 is 10.1 Å². The van der Waals surface area contributed by atoms with Gasteiger partial charge in [-0.25, -0.2) is 0 Å². The van der Waals surface area contributed by atoms with Gasteiger partial charge < -0.3 is 14.6 Å². The second-order valence-electron chi connectivity index (χ2n) is 6.03. The second-order valence-corrected chi connectivity index (χ2v) is 6.87. The molecule has 128 valence electrons. The van der Waals surface area contributed by atoms with Crippen molar-refractivity contribution < 1.29 is 9.26 Å². The van der Waals surface area contributed by atoms with Gasteiger partial charge in [0.1, 0.15) is 12.4 Å². The van der Waals surface area contributed by atoms with Gasteiger partial charge in [0, 0.05) is 36.0 Å². The number of fused-ring (bicyclic) bond motifs is 1. The number of aromatic nitrogens is 2. The molecule has 0 saturated carbocycles. The largest absolute Gasteiger partial charge is 0.487 e. The monoisotopic (exact) mass is 367 g/mol. The molecule has 0 radical (unpaired) electrons. The number of halogens is 2. The van der Waals surface area contributed by atoms with Crippen LogP contribution in [0.25, 0.3) is 6.08 Å². The van der Waals surface area contributed by atoms with Crippen LogP contribution in [0.15, 0.2) is 22.2 Å². The van der Waals surface area contributed by atoms with Gasteiger partial charge in [-0.15, -0.1) is 0 Å². The minimum atomic E-state index is 0.277. The lowest BCUT2D eigenvalue weighted by Gasteiger charge is -2.19. The Bertz CT molecular complexity index is 756. The smallest absolute Gasteiger partial charge is 0.227 e. The molecule has 1 aromatic carbocycles. The molecule has 0 aliphatic carbocycles. The molecule has 0 spiro atoms. The van der Waals surface area contributed by atoms with Crippen LogP contribution in [0.5, 0.6) is 5.75 Å². The van der Waals surface area contributed by atoms with Gasteiger partial charge in [0.25, 0.3) is 0 Å².